The molecule has 0 spiro atoms. The summed E-state index contributed by atoms with van der Waals surface area (Å²) in [7, 11) is 0. The molecule has 4 heteroatoms. The van der Waals surface area contributed by atoms with Gasteiger partial charge in [-0.3, -0.25) is 4.90 Å². The summed E-state index contributed by atoms with van der Waals surface area (Å²) in [5.74, 6) is 1.10. The first-order valence-electron chi connectivity index (χ1n) is 9.93. The third kappa shape index (κ3) is 3.27. The van der Waals surface area contributed by atoms with Gasteiger partial charge in [0, 0.05) is 38.9 Å². The highest BCUT2D eigenvalue weighted by Gasteiger charge is 2.20. The maximum Gasteiger partial charge on any atom is 0.153 e. The number of hydrogen-bond acceptors (Lipinski definition) is 3. The molecule has 0 radical (unpaired) electrons. The Labute approximate surface area is 165 Å². The van der Waals surface area contributed by atoms with Crippen molar-refractivity contribution in [1.29, 1.82) is 0 Å². The molecule has 0 aliphatic carbocycles. The minimum absolute atomic E-state index is 0.994. The Morgan fingerprint density at radius 1 is 0.786 bits per heavy atom. The lowest BCUT2D eigenvalue weighted by Gasteiger charge is -2.35. The first kappa shape index (κ1) is 17.0. The smallest absolute Gasteiger partial charge is 0.153 e. The second-order valence-corrected chi connectivity index (χ2v) is 7.29. The number of nitrogens with zero attached hydrogens (tertiary/aromatic N) is 4. The molecule has 1 aliphatic heterocycles. The number of aromatic nitrogens is 2. The van der Waals surface area contributed by atoms with E-state index < -0.39 is 0 Å². The van der Waals surface area contributed by atoms with Crippen LogP contribution in [0.15, 0.2) is 79.0 Å². The van der Waals surface area contributed by atoms with Gasteiger partial charge in [0.1, 0.15) is 0 Å². The predicted octanol–water partition coefficient (Wildman–Crippen LogP) is 4.32. The van der Waals surface area contributed by atoms with Crippen molar-refractivity contribution in [2.75, 3.05) is 37.6 Å². The van der Waals surface area contributed by atoms with Crippen molar-refractivity contribution < 1.29 is 0 Å². The molecule has 1 saturated heterocycles. The molecule has 5 rings (SSSR count). The third-order valence-electron chi connectivity index (χ3n) is 5.49. The van der Waals surface area contributed by atoms with Crippen LogP contribution in [0.3, 0.4) is 0 Å². The molecule has 3 heterocycles. The fourth-order valence-electron chi connectivity index (χ4n) is 3.98. The molecule has 1 fully saturated rings. The molecular weight excluding hydrogens is 344 g/mol. The standard InChI is InChI=1S/C24H24N4/c1-2-8-20(9-3-1)10-6-14-26-16-18-27(19-17-26)24-23-13-7-15-28(23)22-12-5-4-11-21(22)25-24/h1-13,15H,14,16-19H2/b10-6+. The molecule has 0 amide bonds. The number of fused-ring (bicyclic) bond motifs is 3. The molecule has 0 atom stereocenters. The third-order valence-corrected chi connectivity index (χ3v) is 5.49. The summed E-state index contributed by atoms with van der Waals surface area (Å²) in [6.45, 7) is 5.12. The Morgan fingerprint density at radius 2 is 1.54 bits per heavy atom. The predicted molar refractivity (Wildman–Crippen MR) is 117 cm³/mol. The number of anilines is 1. The fourth-order valence-corrected chi connectivity index (χ4v) is 3.98. The SMILES string of the molecule is C(=C\c1ccccc1)/CN1CCN(c2nc3ccccc3n3cccc23)CC1. The van der Waals surface area contributed by atoms with Crippen LogP contribution in [-0.4, -0.2) is 47.0 Å². The molecule has 2 aromatic heterocycles. The van der Waals surface area contributed by atoms with Gasteiger partial charge in [-0.25, -0.2) is 4.98 Å². The zero-order valence-electron chi connectivity index (χ0n) is 15.9. The second kappa shape index (κ2) is 7.49. The summed E-state index contributed by atoms with van der Waals surface area (Å²) in [5, 5.41) is 0. The van der Waals surface area contributed by atoms with Gasteiger partial charge in [-0.05, 0) is 29.8 Å². The van der Waals surface area contributed by atoms with Gasteiger partial charge in [-0.2, -0.15) is 0 Å². The zero-order chi connectivity index (χ0) is 18.8. The maximum atomic E-state index is 5.00. The van der Waals surface area contributed by atoms with Crippen LogP contribution in [0.25, 0.3) is 22.6 Å². The maximum absolute atomic E-state index is 5.00. The van der Waals surface area contributed by atoms with Gasteiger partial charge in [-0.1, -0.05) is 54.6 Å². The highest BCUT2D eigenvalue weighted by atomic mass is 15.3. The molecule has 2 aromatic carbocycles. The largest absolute Gasteiger partial charge is 0.352 e. The van der Waals surface area contributed by atoms with Crippen LogP contribution in [0.5, 0.6) is 0 Å². The monoisotopic (exact) mass is 368 g/mol. The Balaban J connectivity index is 1.30. The van der Waals surface area contributed by atoms with E-state index in [4.69, 9.17) is 4.98 Å². The van der Waals surface area contributed by atoms with E-state index in [0.29, 0.717) is 0 Å². The summed E-state index contributed by atoms with van der Waals surface area (Å²) in [4.78, 5) is 9.93. The van der Waals surface area contributed by atoms with E-state index in [9.17, 15) is 0 Å². The van der Waals surface area contributed by atoms with Crippen LogP contribution in [0, 0.1) is 0 Å². The van der Waals surface area contributed by atoms with Crippen LogP contribution in [0.1, 0.15) is 5.56 Å². The molecule has 1 aliphatic rings. The zero-order valence-corrected chi connectivity index (χ0v) is 15.9. The molecule has 0 bridgehead atoms. The average Bonchev–Trinajstić information content (AvgIpc) is 3.25. The van der Waals surface area contributed by atoms with E-state index in [0.717, 1.165) is 49.6 Å². The lowest BCUT2D eigenvalue weighted by atomic mass is 10.2. The summed E-state index contributed by atoms with van der Waals surface area (Å²) in [6, 6.07) is 23.1. The summed E-state index contributed by atoms with van der Waals surface area (Å²) >= 11 is 0. The van der Waals surface area contributed by atoms with Gasteiger partial charge in [-0.15, -0.1) is 0 Å². The van der Waals surface area contributed by atoms with Gasteiger partial charge in [0.25, 0.3) is 0 Å². The molecule has 28 heavy (non-hydrogen) atoms. The minimum Gasteiger partial charge on any atom is -0.352 e. The van der Waals surface area contributed by atoms with E-state index in [2.05, 4.69) is 99.3 Å². The highest BCUT2D eigenvalue weighted by Crippen LogP contribution is 2.26. The van der Waals surface area contributed by atoms with Crippen LogP contribution in [0.4, 0.5) is 5.82 Å². The molecule has 0 unspecified atom stereocenters. The van der Waals surface area contributed by atoms with Crippen LogP contribution >= 0.6 is 0 Å². The van der Waals surface area contributed by atoms with E-state index in [-0.39, 0.29) is 0 Å². The highest BCUT2D eigenvalue weighted by molar-refractivity contribution is 5.85. The molecule has 0 N–H and O–H groups in total. The van der Waals surface area contributed by atoms with Crippen LogP contribution in [0.2, 0.25) is 0 Å². The van der Waals surface area contributed by atoms with E-state index in [1.54, 1.807) is 0 Å². The van der Waals surface area contributed by atoms with Crippen LogP contribution in [-0.2, 0) is 0 Å². The Bertz CT molecular complexity index is 1110. The lowest BCUT2D eigenvalue weighted by Crippen LogP contribution is -2.46. The van der Waals surface area contributed by atoms with Gasteiger partial charge in [0.15, 0.2) is 5.82 Å². The van der Waals surface area contributed by atoms with Gasteiger partial charge in [0.2, 0.25) is 0 Å². The Kier molecular flexibility index (Phi) is 4.55. The molecular formula is C24H24N4. The number of rotatable bonds is 4. The average molecular weight is 368 g/mol. The first-order chi connectivity index (χ1) is 13.9. The molecule has 140 valence electrons. The number of hydrogen-bond donors (Lipinski definition) is 0. The Morgan fingerprint density at radius 3 is 2.39 bits per heavy atom. The second-order valence-electron chi connectivity index (χ2n) is 7.29. The lowest BCUT2D eigenvalue weighted by molar-refractivity contribution is 0.284. The molecule has 4 aromatic rings. The van der Waals surface area contributed by atoms with E-state index >= 15 is 0 Å². The van der Waals surface area contributed by atoms with Crippen molar-refractivity contribution in [2.45, 2.75) is 0 Å². The summed E-state index contributed by atoms with van der Waals surface area (Å²) < 4.78 is 2.26. The first-order valence-corrected chi connectivity index (χ1v) is 9.93. The van der Waals surface area contributed by atoms with Crippen molar-refractivity contribution in [1.82, 2.24) is 14.3 Å². The van der Waals surface area contributed by atoms with Crippen molar-refractivity contribution >= 4 is 28.4 Å². The summed E-state index contributed by atoms with van der Waals surface area (Å²) in [5.41, 5.74) is 4.67. The summed E-state index contributed by atoms with van der Waals surface area (Å²) in [6.07, 6.45) is 6.61. The number of piperazine rings is 1. The van der Waals surface area contributed by atoms with E-state index in [1.807, 2.05) is 0 Å². The number of para-hydroxylation sites is 2. The minimum atomic E-state index is 0.994. The van der Waals surface area contributed by atoms with Crippen molar-refractivity contribution in [3.05, 3.63) is 84.6 Å². The van der Waals surface area contributed by atoms with Crippen molar-refractivity contribution in [2.24, 2.45) is 0 Å². The van der Waals surface area contributed by atoms with Crippen molar-refractivity contribution in [3.8, 4) is 0 Å². The quantitative estimate of drug-likeness (QED) is 0.536. The Hall–Kier alpha value is -3.11. The topological polar surface area (TPSA) is 23.8 Å². The van der Waals surface area contributed by atoms with Crippen molar-refractivity contribution in [3.63, 3.8) is 0 Å². The normalized spacial score (nSPS) is 15.8. The number of benzene rings is 2. The fraction of sp³-hybridized carbons (Fsp3) is 0.208. The van der Waals surface area contributed by atoms with Gasteiger partial charge < -0.3 is 9.30 Å². The van der Waals surface area contributed by atoms with E-state index in [1.165, 1.54) is 11.1 Å². The van der Waals surface area contributed by atoms with Crippen LogP contribution < -0.4 is 4.90 Å². The van der Waals surface area contributed by atoms with Gasteiger partial charge in [0.05, 0.1) is 16.6 Å². The molecule has 0 saturated carbocycles. The molecule has 4 nitrogen and oxygen atoms in total. The van der Waals surface area contributed by atoms with Gasteiger partial charge >= 0.3 is 0 Å².